The molecule has 1 saturated carbocycles. The van der Waals surface area contributed by atoms with Gasteiger partial charge < -0.3 is 4.90 Å². The lowest BCUT2D eigenvalue weighted by Gasteiger charge is -2.31. The zero-order valence-electron chi connectivity index (χ0n) is 17.2. The van der Waals surface area contributed by atoms with Crippen molar-refractivity contribution in [2.45, 2.75) is 25.7 Å². The predicted molar refractivity (Wildman–Crippen MR) is 119 cm³/mol. The van der Waals surface area contributed by atoms with Crippen LogP contribution in [0, 0.1) is 29.4 Å². The summed E-state index contributed by atoms with van der Waals surface area (Å²) in [5.41, 5.74) is 1.39. The van der Waals surface area contributed by atoms with E-state index in [0.717, 1.165) is 24.9 Å². The van der Waals surface area contributed by atoms with Crippen LogP contribution in [0.3, 0.4) is 0 Å². The molecule has 0 bridgehead atoms. The molecule has 3 nitrogen and oxygen atoms in total. The van der Waals surface area contributed by atoms with Gasteiger partial charge in [-0.3, -0.25) is 4.79 Å². The summed E-state index contributed by atoms with van der Waals surface area (Å²) in [6.07, 6.45) is 5.90. The molecule has 2 aromatic carbocycles. The van der Waals surface area contributed by atoms with Crippen molar-refractivity contribution >= 4 is 24.1 Å². The summed E-state index contributed by atoms with van der Waals surface area (Å²) in [4.78, 5) is 15.2. The monoisotopic (exact) mass is 428 g/mol. The van der Waals surface area contributed by atoms with Gasteiger partial charge in [-0.25, -0.2) is 13.2 Å². The second-order valence-corrected chi connectivity index (χ2v) is 8.79. The van der Waals surface area contributed by atoms with Gasteiger partial charge in [-0.05, 0) is 59.9 Å². The predicted octanol–water partition coefficient (Wildman–Crippen LogP) is 5.57. The number of hydrogen-bond donors (Lipinski definition) is 0. The van der Waals surface area contributed by atoms with Crippen LogP contribution in [0.25, 0.3) is 11.1 Å². The average molecular weight is 429 g/mol. The molecule has 4 unspecified atom stereocenters. The van der Waals surface area contributed by atoms with Crippen LogP contribution in [0.15, 0.2) is 46.9 Å². The van der Waals surface area contributed by atoms with Crippen molar-refractivity contribution in [2.24, 2.45) is 22.2 Å². The largest absolute Gasteiger partial charge is 0.342 e. The molecule has 4 atom stereocenters. The summed E-state index contributed by atoms with van der Waals surface area (Å²) >= 11 is 1.43. The normalized spacial score (nSPS) is 26.2. The van der Waals surface area contributed by atoms with Crippen LogP contribution in [-0.4, -0.2) is 36.4 Å². The molecule has 0 spiro atoms. The lowest BCUT2D eigenvalue weighted by atomic mass is 9.94. The number of halogens is 2. The average Bonchev–Trinajstić information content (AvgIpc) is 3.42. The second-order valence-electron chi connectivity index (χ2n) is 8.22. The number of piperidine rings is 1. The second kappa shape index (κ2) is 8.88. The van der Waals surface area contributed by atoms with Crippen LogP contribution in [0.4, 0.5) is 8.78 Å². The molecule has 4 rings (SSSR count). The van der Waals surface area contributed by atoms with Crippen LogP contribution < -0.4 is 0 Å². The Labute approximate surface area is 180 Å². The number of carbonyl (C=O) groups excluding carboxylic acids is 1. The van der Waals surface area contributed by atoms with Crippen LogP contribution in [0.2, 0.25) is 0 Å². The van der Waals surface area contributed by atoms with Gasteiger partial charge in [0.25, 0.3) is 0 Å². The first-order valence-corrected chi connectivity index (χ1v) is 11.6. The van der Waals surface area contributed by atoms with E-state index in [1.807, 2.05) is 29.5 Å². The van der Waals surface area contributed by atoms with Crippen LogP contribution in [-0.2, 0) is 4.79 Å². The molecule has 158 valence electrons. The fourth-order valence-corrected chi connectivity index (χ4v) is 5.07. The Balaban J connectivity index is 1.57. The lowest BCUT2D eigenvalue weighted by Crippen LogP contribution is -2.41. The Morgan fingerprint density at radius 2 is 1.90 bits per heavy atom. The molecule has 1 aliphatic heterocycles. The number of benzene rings is 2. The van der Waals surface area contributed by atoms with E-state index in [9.17, 15) is 13.6 Å². The molecule has 2 aliphatic rings. The maximum absolute atomic E-state index is 14.5. The van der Waals surface area contributed by atoms with Crippen molar-refractivity contribution in [2.75, 3.05) is 19.3 Å². The molecule has 1 heterocycles. The van der Waals surface area contributed by atoms with Crippen LogP contribution in [0.1, 0.15) is 31.2 Å². The standard InChI is InChI=1S/C24H26F2N2OS/c1-15-21(22(15)24(29)28-12-6-7-16(14-28)13-27-30-2)17-8-3-4-9-18(17)23-19(25)10-5-11-20(23)26/h3-5,8-11,13,15-16,21-22H,6-7,12,14H2,1-2H3. The number of likely N-dealkylation sites (tertiary alicyclic amines) is 1. The zero-order valence-corrected chi connectivity index (χ0v) is 18.0. The van der Waals surface area contributed by atoms with Crippen molar-refractivity contribution in [3.05, 3.63) is 59.7 Å². The van der Waals surface area contributed by atoms with E-state index < -0.39 is 11.6 Å². The molecule has 1 saturated heterocycles. The van der Waals surface area contributed by atoms with E-state index in [2.05, 4.69) is 11.3 Å². The van der Waals surface area contributed by atoms with Crippen molar-refractivity contribution in [3.63, 3.8) is 0 Å². The summed E-state index contributed by atoms with van der Waals surface area (Å²) in [6.45, 7) is 3.52. The van der Waals surface area contributed by atoms with Gasteiger partial charge in [0.2, 0.25) is 5.91 Å². The number of carbonyl (C=O) groups is 1. The van der Waals surface area contributed by atoms with E-state index in [4.69, 9.17) is 0 Å². The third-order valence-electron chi connectivity index (χ3n) is 6.36. The maximum atomic E-state index is 14.5. The van der Waals surface area contributed by atoms with E-state index in [0.29, 0.717) is 18.0 Å². The summed E-state index contributed by atoms with van der Waals surface area (Å²) < 4.78 is 33.2. The van der Waals surface area contributed by atoms with E-state index in [1.54, 1.807) is 12.1 Å². The fourth-order valence-electron chi connectivity index (χ4n) is 4.78. The summed E-state index contributed by atoms with van der Waals surface area (Å²) in [5.74, 6) is -0.726. The Hall–Kier alpha value is -2.21. The van der Waals surface area contributed by atoms with Gasteiger partial charge in [-0.1, -0.05) is 37.3 Å². The molecule has 2 aromatic rings. The number of rotatable bonds is 5. The molecule has 0 N–H and O–H groups in total. The minimum absolute atomic E-state index is 0.00953. The minimum atomic E-state index is -0.578. The third kappa shape index (κ3) is 4.02. The SMILES string of the molecule is CSN=CC1CCCN(C(=O)C2C(C)C2c2ccccc2-c2c(F)cccc2F)C1. The van der Waals surface area contributed by atoms with Gasteiger partial charge in [-0.15, -0.1) is 0 Å². The molecule has 2 fully saturated rings. The molecule has 0 aromatic heterocycles. The summed E-state index contributed by atoms with van der Waals surface area (Å²) in [6, 6.07) is 11.2. The lowest BCUT2D eigenvalue weighted by molar-refractivity contribution is -0.134. The van der Waals surface area contributed by atoms with Crippen molar-refractivity contribution < 1.29 is 13.6 Å². The van der Waals surface area contributed by atoms with E-state index >= 15 is 0 Å². The molecular formula is C24H26F2N2OS. The smallest absolute Gasteiger partial charge is 0.226 e. The van der Waals surface area contributed by atoms with Crippen LogP contribution >= 0.6 is 11.9 Å². The first kappa shape index (κ1) is 21.0. The maximum Gasteiger partial charge on any atom is 0.226 e. The van der Waals surface area contributed by atoms with E-state index in [-0.39, 0.29) is 29.2 Å². The molecule has 30 heavy (non-hydrogen) atoms. The zero-order chi connectivity index (χ0) is 21.3. The Kier molecular flexibility index (Phi) is 6.23. The van der Waals surface area contributed by atoms with Gasteiger partial charge >= 0.3 is 0 Å². The van der Waals surface area contributed by atoms with Gasteiger partial charge in [0.15, 0.2) is 0 Å². The Morgan fingerprint density at radius 3 is 2.63 bits per heavy atom. The minimum Gasteiger partial charge on any atom is -0.342 e. The quantitative estimate of drug-likeness (QED) is 0.461. The third-order valence-corrected chi connectivity index (χ3v) is 6.70. The highest BCUT2D eigenvalue weighted by Crippen LogP contribution is 2.56. The number of hydrogen-bond acceptors (Lipinski definition) is 3. The fraction of sp³-hybridized carbons (Fsp3) is 0.417. The van der Waals surface area contributed by atoms with Crippen molar-refractivity contribution in [1.29, 1.82) is 0 Å². The van der Waals surface area contributed by atoms with Gasteiger partial charge in [0, 0.05) is 37.4 Å². The molecule has 1 aliphatic carbocycles. The first-order chi connectivity index (χ1) is 14.5. The van der Waals surface area contributed by atoms with Gasteiger partial charge in [-0.2, -0.15) is 0 Å². The van der Waals surface area contributed by atoms with Gasteiger partial charge in [0.05, 0.1) is 5.56 Å². The first-order valence-electron chi connectivity index (χ1n) is 10.4. The van der Waals surface area contributed by atoms with E-state index in [1.165, 1.54) is 30.1 Å². The highest BCUT2D eigenvalue weighted by Gasteiger charge is 2.54. The number of amides is 1. The molecule has 6 heteroatoms. The topological polar surface area (TPSA) is 32.7 Å². The number of nitrogens with zero attached hydrogens (tertiary/aromatic N) is 2. The summed E-state index contributed by atoms with van der Waals surface area (Å²) in [7, 11) is 0. The molecule has 0 radical (unpaired) electrons. The van der Waals surface area contributed by atoms with Crippen LogP contribution in [0.5, 0.6) is 0 Å². The highest BCUT2D eigenvalue weighted by atomic mass is 32.2. The van der Waals surface area contributed by atoms with Gasteiger partial charge in [0.1, 0.15) is 11.6 Å². The Morgan fingerprint density at radius 1 is 1.17 bits per heavy atom. The Bertz CT molecular complexity index is 944. The highest BCUT2D eigenvalue weighted by molar-refractivity contribution is 7.97. The van der Waals surface area contributed by atoms with Crippen molar-refractivity contribution in [3.8, 4) is 11.1 Å². The molecule has 1 amide bonds. The summed E-state index contributed by atoms with van der Waals surface area (Å²) in [5, 5.41) is 0. The molecular weight excluding hydrogens is 402 g/mol. The van der Waals surface area contributed by atoms with Crippen molar-refractivity contribution in [1.82, 2.24) is 4.90 Å².